The Morgan fingerprint density at radius 1 is 0.882 bits per heavy atom. The number of nitrogens with one attached hydrogen (secondary N) is 1. The fourth-order valence-corrected chi connectivity index (χ4v) is 5.16. The van der Waals surface area contributed by atoms with E-state index in [1.165, 1.54) is 0 Å². The summed E-state index contributed by atoms with van der Waals surface area (Å²) in [6.07, 6.45) is 1.52. The van der Waals surface area contributed by atoms with Gasteiger partial charge in [-0.25, -0.2) is 8.42 Å². The first-order valence-corrected chi connectivity index (χ1v) is 13.0. The van der Waals surface area contributed by atoms with Crippen LogP contribution >= 0.6 is 0 Å². The van der Waals surface area contributed by atoms with E-state index in [2.05, 4.69) is 5.32 Å². The third kappa shape index (κ3) is 5.78. The normalized spacial score (nSPS) is 11.2. The van der Waals surface area contributed by atoms with Crippen LogP contribution in [0.1, 0.15) is 37.5 Å². The van der Waals surface area contributed by atoms with E-state index in [1.54, 1.807) is 48.5 Å². The van der Waals surface area contributed by atoms with Gasteiger partial charge in [-0.1, -0.05) is 49.7 Å². The molecule has 34 heavy (non-hydrogen) atoms. The lowest BCUT2D eigenvalue weighted by atomic mass is 10.0. The number of carbonyl (C=O) groups is 1. The number of ether oxygens (including phenoxy) is 1. The Hall–Kier alpha value is -3.32. The van der Waals surface area contributed by atoms with Gasteiger partial charge in [0.2, 0.25) is 5.91 Å². The summed E-state index contributed by atoms with van der Waals surface area (Å²) in [4.78, 5) is 13.3. The molecule has 0 aliphatic rings. The highest BCUT2D eigenvalue weighted by Gasteiger charge is 2.27. The van der Waals surface area contributed by atoms with Crippen molar-refractivity contribution in [1.29, 1.82) is 0 Å². The van der Waals surface area contributed by atoms with Crippen molar-refractivity contribution in [3.05, 3.63) is 83.4 Å². The first-order chi connectivity index (χ1) is 16.3. The minimum Gasteiger partial charge on any atom is -0.494 e. The number of sulfonamides is 1. The smallest absolute Gasteiger partial charge is 0.264 e. The highest BCUT2D eigenvalue weighted by atomic mass is 32.2. The molecule has 0 saturated carbocycles. The molecule has 6 nitrogen and oxygen atoms in total. The van der Waals surface area contributed by atoms with Crippen LogP contribution in [0.3, 0.4) is 0 Å². The van der Waals surface area contributed by atoms with E-state index in [0.29, 0.717) is 18.0 Å². The Morgan fingerprint density at radius 2 is 1.47 bits per heavy atom. The molecule has 0 heterocycles. The Kier molecular flexibility index (Phi) is 8.34. The molecule has 1 amide bonds. The Morgan fingerprint density at radius 3 is 2.00 bits per heavy atom. The van der Waals surface area contributed by atoms with Gasteiger partial charge in [-0.05, 0) is 74.2 Å². The van der Waals surface area contributed by atoms with Gasteiger partial charge in [0.25, 0.3) is 10.0 Å². The molecule has 1 N–H and O–H groups in total. The third-order valence-corrected chi connectivity index (χ3v) is 7.38. The van der Waals surface area contributed by atoms with Gasteiger partial charge in [0.05, 0.1) is 17.2 Å². The number of hydrogen-bond donors (Lipinski definition) is 1. The summed E-state index contributed by atoms with van der Waals surface area (Å²) in [5.41, 5.74) is 4.13. The SMILES string of the molecule is CCOc1ccc(N(CC(=O)Nc2c(CC)cccc2CC)S(=O)(=O)c2ccc(C)cc2)cc1. The van der Waals surface area contributed by atoms with Gasteiger partial charge in [0.15, 0.2) is 0 Å². The van der Waals surface area contributed by atoms with Gasteiger partial charge < -0.3 is 10.1 Å². The van der Waals surface area contributed by atoms with Crippen LogP contribution in [0.4, 0.5) is 11.4 Å². The molecule has 0 radical (unpaired) electrons. The molecule has 3 aromatic rings. The van der Waals surface area contributed by atoms with Gasteiger partial charge in [-0.3, -0.25) is 9.10 Å². The van der Waals surface area contributed by atoms with Crippen molar-refractivity contribution in [2.24, 2.45) is 0 Å². The lowest BCUT2D eigenvalue weighted by molar-refractivity contribution is -0.114. The van der Waals surface area contributed by atoms with Gasteiger partial charge in [-0.15, -0.1) is 0 Å². The van der Waals surface area contributed by atoms with Crippen LogP contribution in [-0.2, 0) is 27.7 Å². The van der Waals surface area contributed by atoms with E-state index < -0.39 is 15.9 Å². The van der Waals surface area contributed by atoms with Gasteiger partial charge >= 0.3 is 0 Å². The number of amides is 1. The summed E-state index contributed by atoms with van der Waals surface area (Å²) >= 11 is 0. The third-order valence-electron chi connectivity index (χ3n) is 5.60. The molecule has 0 spiro atoms. The van der Waals surface area contributed by atoms with E-state index in [4.69, 9.17) is 4.74 Å². The van der Waals surface area contributed by atoms with E-state index in [-0.39, 0.29) is 11.4 Å². The monoisotopic (exact) mass is 480 g/mol. The van der Waals surface area contributed by atoms with Crippen molar-refractivity contribution >= 4 is 27.3 Å². The number of aryl methyl sites for hydroxylation is 3. The van der Waals surface area contributed by atoms with Crippen LogP contribution in [0.2, 0.25) is 0 Å². The first-order valence-electron chi connectivity index (χ1n) is 11.5. The van der Waals surface area contributed by atoms with Crippen molar-refractivity contribution in [3.63, 3.8) is 0 Å². The molecular weight excluding hydrogens is 448 g/mol. The highest BCUT2D eigenvalue weighted by molar-refractivity contribution is 7.92. The Bertz CT molecular complexity index is 1200. The minimum absolute atomic E-state index is 0.128. The summed E-state index contributed by atoms with van der Waals surface area (Å²) in [7, 11) is -3.98. The molecule has 0 aliphatic heterocycles. The second kappa shape index (κ2) is 11.2. The lowest BCUT2D eigenvalue weighted by Gasteiger charge is -2.25. The Labute approximate surface area is 202 Å². The van der Waals surface area contributed by atoms with Crippen LogP contribution in [0.5, 0.6) is 5.75 Å². The topological polar surface area (TPSA) is 75.7 Å². The summed E-state index contributed by atoms with van der Waals surface area (Å²) in [6.45, 7) is 7.97. The molecule has 0 unspecified atom stereocenters. The zero-order chi connectivity index (χ0) is 24.7. The van der Waals surface area contributed by atoms with Crippen LogP contribution in [0.15, 0.2) is 71.6 Å². The van der Waals surface area contributed by atoms with Crippen LogP contribution in [0, 0.1) is 6.92 Å². The average molecular weight is 481 g/mol. The molecule has 0 bridgehead atoms. The van der Waals surface area contributed by atoms with E-state index in [1.807, 2.05) is 45.9 Å². The quantitative estimate of drug-likeness (QED) is 0.424. The predicted molar refractivity (Wildman–Crippen MR) is 137 cm³/mol. The highest BCUT2D eigenvalue weighted by Crippen LogP contribution is 2.27. The van der Waals surface area contributed by atoms with E-state index in [0.717, 1.165) is 39.5 Å². The maximum Gasteiger partial charge on any atom is 0.264 e. The van der Waals surface area contributed by atoms with Crippen LogP contribution < -0.4 is 14.4 Å². The number of hydrogen-bond acceptors (Lipinski definition) is 4. The largest absolute Gasteiger partial charge is 0.494 e. The number of nitrogens with zero attached hydrogens (tertiary/aromatic N) is 1. The second-order valence-electron chi connectivity index (χ2n) is 7.96. The van der Waals surface area contributed by atoms with Crippen molar-refractivity contribution in [1.82, 2.24) is 0 Å². The summed E-state index contributed by atoms with van der Waals surface area (Å²) < 4.78 is 33.8. The lowest BCUT2D eigenvalue weighted by Crippen LogP contribution is -2.38. The second-order valence-corrected chi connectivity index (χ2v) is 9.82. The molecule has 0 fully saturated rings. The van der Waals surface area contributed by atoms with Gasteiger partial charge in [0, 0.05) is 5.69 Å². The molecule has 3 rings (SSSR count). The first kappa shape index (κ1) is 25.3. The molecular formula is C27H32N2O4S. The molecule has 0 atom stereocenters. The zero-order valence-electron chi connectivity index (χ0n) is 20.2. The molecule has 180 valence electrons. The van der Waals surface area contributed by atoms with E-state index in [9.17, 15) is 13.2 Å². The predicted octanol–water partition coefficient (Wildman–Crippen LogP) is 5.35. The van der Waals surface area contributed by atoms with Gasteiger partial charge in [-0.2, -0.15) is 0 Å². The zero-order valence-corrected chi connectivity index (χ0v) is 21.0. The summed E-state index contributed by atoms with van der Waals surface area (Å²) in [5.74, 6) is 0.230. The minimum atomic E-state index is -3.98. The number of rotatable bonds is 10. The van der Waals surface area contributed by atoms with Crippen molar-refractivity contribution < 1.29 is 17.9 Å². The number of benzene rings is 3. The van der Waals surface area contributed by atoms with E-state index >= 15 is 0 Å². The Balaban J connectivity index is 1.97. The molecule has 0 aliphatic carbocycles. The van der Waals surface area contributed by atoms with Crippen molar-refractivity contribution in [2.75, 3.05) is 22.8 Å². The number of anilines is 2. The maximum absolute atomic E-state index is 13.6. The average Bonchev–Trinajstić information content (AvgIpc) is 2.83. The summed E-state index contributed by atoms with van der Waals surface area (Å²) in [6, 6.07) is 19.3. The molecule has 0 aromatic heterocycles. The molecule has 0 saturated heterocycles. The summed E-state index contributed by atoms with van der Waals surface area (Å²) in [5, 5.41) is 2.98. The van der Waals surface area contributed by atoms with Crippen LogP contribution in [-0.4, -0.2) is 27.5 Å². The molecule has 7 heteroatoms. The number of carbonyl (C=O) groups excluding carboxylic acids is 1. The van der Waals surface area contributed by atoms with Crippen molar-refractivity contribution in [2.45, 2.75) is 45.4 Å². The van der Waals surface area contributed by atoms with Gasteiger partial charge in [0.1, 0.15) is 12.3 Å². The number of para-hydroxylation sites is 1. The maximum atomic E-state index is 13.6. The molecule has 3 aromatic carbocycles. The fourth-order valence-electron chi connectivity index (χ4n) is 3.74. The standard InChI is InChI=1S/C27H32N2O4S/c1-5-21-9-8-10-22(6-2)27(21)28-26(30)19-29(23-13-15-24(16-14-23)33-7-3)34(31,32)25-17-11-20(4)12-18-25/h8-18H,5-7,19H2,1-4H3,(H,28,30). The van der Waals surface area contributed by atoms with Crippen molar-refractivity contribution in [3.8, 4) is 5.75 Å². The van der Waals surface area contributed by atoms with Crippen LogP contribution in [0.25, 0.3) is 0 Å². The fraction of sp³-hybridized carbons (Fsp3) is 0.296.